The third-order valence-electron chi connectivity index (χ3n) is 2.21. The van der Waals surface area contributed by atoms with Crippen molar-refractivity contribution in [3.63, 3.8) is 0 Å². The van der Waals surface area contributed by atoms with Crippen molar-refractivity contribution in [2.24, 2.45) is 0 Å². The van der Waals surface area contributed by atoms with Crippen LogP contribution in [0.15, 0.2) is 53.7 Å². The summed E-state index contributed by atoms with van der Waals surface area (Å²) in [5.74, 6) is 1.81. The Kier molecular flexibility index (Phi) is 3.83. The van der Waals surface area contributed by atoms with E-state index >= 15 is 0 Å². The van der Waals surface area contributed by atoms with Gasteiger partial charge < -0.3 is 4.74 Å². The predicted molar refractivity (Wildman–Crippen MR) is 66.8 cm³/mol. The lowest BCUT2D eigenvalue weighted by Gasteiger charge is -2.07. The van der Waals surface area contributed by atoms with Gasteiger partial charge in [0.05, 0.1) is 12.1 Å². The van der Waals surface area contributed by atoms with Gasteiger partial charge in [-0.2, -0.15) is 0 Å². The van der Waals surface area contributed by atoms with Gasteiger partial charge in [-0.05, 0) is 18.2 Å². The van der Waals surface area contributed by atoms with Gasteiger partial charge in [0.15, 0.2) is 0 Å². The molecule has 3 heteroatoms. The molecule has 1 aromatic carbocycles. The summed E-state index contributed by atoms with van der Waals surface area (Å²) >= 11 is 1.71. The second-order valence-corrected chi connectivity index (χ2v) is 4.26. The van der Waals surface area contributed by atoms with E-state index in [0.29, 0.717) is 0 Å². The molecule has 2 nitrogen and oxygen atoms in total. The fraction of sp³-hybridized carbons (Fsp3) is 0.154. The molecule has 0 saturated heterocycles. The zero-order valence-electron chi connectivity index (χ0n) is 9.09. The second kappa shape index (κ2) is 5.56. The molecule has 0 fully saturated rings. The predicted octanol–water partition coefficient (Wildman–Crippen LogP) is 3.38. The molecule has 1 heterocycles. The van der Waals surface area contributed by atoms with Crippen molar-refractivity contribution >= 4 is 11.8 Å². The lowest BCUT2D eigenvalue weighted by molar-refractivity contribution is 0.411. The third-order valence-corrected chi connectivity index (χ3v) is 3.20. The van der Waals surface area contributed by atoms with Gasteiger partial charge in [-0.25, -0.2) is 4.98 Å². The van der Waals surface area contributed by atoms with E-state index in [1.165, 1.54) is 5.56 Å². The second-order valence-electron chi connectivity index (χ2n) is 3.27. The van der Waals surface area contributed by atoms with Crippen LogP contribution in [0, 0.1) is 0 Å². The molecule has 0 aliphatic rings. The number of hydrogen-bond acceptors (Lipinski definition) is 3. The monoisotopic (exact) mass is 231 g/mol. The molecule has 0 radical (unpaired) electrons. The average molecular weight is 231 g/mol. The largest absolute Gasteiger partial charge is 0.496 e. The SMILES string of the molecule is COc1ccccc1CSc1ccccn1. The number of benzene rings is 1. The van der Waals surface area contributed by atoms with Crippen LogP contribution in [0.1, 0.15) is 5.56 Å². The van der Waals surface area contributed by atoms with Crippen LogP contribution >= 0.6 is 11.8 Å². The van der Waals surface area contributed by atoms with Crippen LogP contribution in [0.25, 0.3) is 0 Å². The molecule has 0 atom stereocenters. The minimum atomic E-state index is 0.876. The molecule has 0 saturated carbocycles. The van der Waals surface area contributed by atoms with Crippen LogP contribution in [0.5, 0.6) is 5.75 Å². The van der Waals surface area contributed by atoms with Gasteiger partial charge in [-0.3, -0.25) is 0 Å². The molecular formula is C13H13NOS. The van der Waals surface area contributed by atoms with E-state index < -0.39 is 0 Å². The highest BCUT2D eigenvalue weighted by molar-refractivity contribution is 7.98. The minimum absolute atomic E-state index is 0.876. The Morgan fingerprint density at radius 1 is 1.12 bits per heavy atom. The van der Waals surface area contributed by atoms with Gasteiger partial charge in [0.2, 0.25) is 0 Å². The van der Waals surface area contributed by atoms with Crippen molar-refractivity contribution in [3.8, 4) is 5.75 Å². The number of ether oxygens (including phenoxy) is 1. The Labute approximate surface area is 99.7 Å². The summed E-state index contributed by atoms with van der Waals surface area (Å²) in [6.45, 7) is 0. The van der Waals surface area contributed by atoms with E-state index in [9.17, 15) is 0 Å². The van der Waals surface area contributed by atoms with Gasteiger partial charge in [-0.15, -0.1) is 11.8 Å². The van der Waals surface area contributed by atoms with Gasteiger partial charge in [0, 0.05) is 17.5 Å². The van der Waals surface area contributed by atoms with Gasteiger partial charge in [0.25, 0.3) is 0 Å². The summed E-state index contributed by atoms with van der Waals surface area (Å²) in [5.41, 5.74) is 1.20. The van der Waals surface area contributed by atoms with Gasteiger partial charge in [-0.1, -0.05) is 24.3 Å². The van der Waals surface area contributed by atoms with Gasteiger partial charge in [0.1, 0.15) is 5.75 Å². The summed E-state index contributed by atoms with van der Waals surface area (Å²) in [7, 11) is 1.70. The molecule has 2 rings (SSSR count). The summed E-state index contributed by atoms with van der Waals surface area (Å²) in [4.78, 5) is 4.27. The highest BCUT2D eigenvalue weighted by atomic mass is 32.2. The average Bonchev–Trinajstić information content (AvgIpc) is 2.38. The number of hydrogen-bond donors (Lipinski definition) is 0. The Bertz CT molecular complexity index is 445. The van der Waals surface area contributed by atoms with E-state index in [1.807, 2.05) is 42.6 Å². The molecule has 2 aromatic rings. The Balaban J connectivity index is 2.05. The van der Waals surface area contributed by atoms with Crippen molar-refractivity contribution < 1.29 is 4.74 Å². The smallest absolute Gasteiger partial charge is 0.122 e. The maximum Gasteiger partial charge on any atom is 0.122 e. The highest BCUT2D eigenvalue weighted by Gasteiger charge is 2.02. The standard InChI is InChI=1S/C13H13NOS/c1-15-12-7-3-2-6-11(12)10-16-13-8-4-5-9-14-13/h2-9H,10H2,1H3. The van der Waals surface area contributed by atoms with Crippen molar-refractivity contribution in [2.45, 2.75) is 10.8 Å². The van der Waals surface area contributed by atoms with Crippen molar-refractivity contribution in [1.29, 1.82) is 0 Å². The maximum atomic E-state index is 5.30. The van der Waals surface area contributed by atoms with Crippen molar-refractivity contribution in [2.75, 3.05) is 7.11 Å². The topological polar surface area (TPSA) is 22.1 Å². The van der Waals surface area contributed by atoms with Crippen LogP contribution in [-0.2, 0) is 5.75 Å². The molecule has 1 aromatic heterocycles. The summed E-state index contributed by atoms with van der Waals surface area (Å²) < 4.78 is 5.30. The molecule has 82 valence electrons. The fourth-order valence-corrected chi connectivity index (χ4v) is 2.26. The first kappa shape index (κ1) is 11.0. The first-order chi connectivity index (χ1) is 7.90. The van der Waals surface area contributed by atoms with Crippen LogP contribution in [0.3, 0.4) is 0 Å². The zero-order chi connectivity index (χ0) is 11.2. The van der Waals surface area contributed by atoms with E-state index in [1.54, 1.807) is 18.9 Å². The minimum Gasteiger partial charge on any atom is -0.496 e. The number of aromatic nitrogens is 1. The number of rotatable bonds is 4. The zero-order valence-corrected chi connectivity index (χ0v) is 9.91. The van der Waals surface area contributed by atoms with Crippen LogP contribution in [-0.4, -0.2) is 12.1 Å². The van der Waals surface area contributed by atoms with E-state index in [2.05, 4.69) is 11.1 Å². The molecule has 0 aliphatic heterocycles. The first-order valence-corrected chi connectivity index (χ1v) is 6.04. The van der Waals surface area contributed by atoms with E-state index in [0.717, 1.165) is 16.5 Å². The first-order valence-electron chi connectivity index (χ1n) is 5.06. The number of methoxy groups -OCH3 is 1. The Morgan fingerprint density at radius 3 is 2.69 bits per heavy atom. The number of para-hydroxylation sites is 1. The molecule has 0 amide bonds. The van der Waals surface area contributed by atoms with Crippen LogP contribution < -0.4 is 4.74 Å². The quantitative estimate of drug-likeness (QED) is 0.753. The van der Waals surface area contributed by atoms with Gasteiger partial charge >= 0.3 is 0 Å². The maximum absolute atomic E-state index is 5.30. The Hall–Kier alpha value is -1.48. The molecule has 0 aliphatic carbocycles. The third kappa shape index (κ3) is 2.76. The lowest BCUT2D eigenvalue weighted by atomic mass is 10.2. The Morgan fingerprint density at radius 2 is 1.94 bits per heavy atom. The highest BCUT2D eigenvalue weighted by Crippen LogP contribution is 2.26. The number of pyridine rings is 1. The fourth-order valence-electron chi connectivity index (χ4n) is 1.41. The summed E-state index contributed by atoms with van der Waals surface area (Å²) in [5, 5.41) is 1.04. The molecule has 16 heavy (non-hydrogen) atoms. The molecule has 0 bridgehead atoms. The molecule has 0 unspecified atom stereocenters. The van der Waals surface area contributed by atoms with E-state index in [4.69, 9.17) is 4.74 Å². The normalized spacial score (nSPS) is 10.1. The molecule has 0 spiro atoms. The summed E-state index contributed by atoms with van der Waals surface area (Å²) in [6.07, 6.45) is 1.81. The van der Waals surface area contributed by atoms with E-state index in [-0.39, 0.29) is 0 Å². The number of thioether (sulfide) groups is 1. The van der Waals surface area contributed by atoms with Crippen LogP contribution in [0.2, 0.25) is 0 Å². The van der Waals surface area contributed by atoms with Crippen molar-refractivity contribution in [3.05, 3.63) is 54.2 Å². The molecule has 0 N–H and O–H groups in total. The number of nitrogens with zero attached hydrogens (tertiary/aromatic N) is 1. The molecular weight excluding hydrogens is 218 g/mol. The lowest BCUT2D eigenvalue weighted by Crippen LogP contribution is -1.89. The summed E-state index contributed by atoms with van der Waals surface area (Å²) in [6, 6.07) is 14.0. The van der Waals surface area contributed by atoms with Crippen LogP contribution in [0.4, 0.5) is 0 Å². The van der Waals surface area contributed by atoms with Crippen molar-refractivity contribution in [1.82, 2.24) is 4.98 Å².